The van der Waals surface area contributed by atoms with Gasteiger partial charge in [-0.25, -0.2) is 0 Å². The second-order valence-electron chi connectivity index (χ2n) is 7.06. The summed E-state index contributed by atoms with van der Waals surface area (Å²) in [5.74, 6) is 1.84. The number of anilines is 2. The lowest BCUT2D eigenvalue weighted by Gasteiger charge is -2.45. The summed E-state index contributed by atoms with van der Waals surface area (Å²) in [6.45, 7) is 0. The third-order valence-corrected chi connectivity index (χ3v) is 5.73. The van der Waals surface area contributed by atoms with Crippen LogP contribution in [0.1, 0.15) is 22.3 Å². The van der Waals surface area contributed by atoms with Crippen molar-refractivity contribution >= 4 is 11.4 Å². The van der Waals surface area contributed by atoms with Gasteiger partial charge >= 0.3 is 0 Å². The molecule has 0 saturated heterocycles. The van der Waals surface area contributed by atoms with Crippen molar-refractivity contribution in [3.8, 4) is 11.5 Å². The van der Waals surface area contributed by atoms with Crippen LogP contribution < -0.4 is 10.1 Å². The van der Waals surface area contributed by atoms with E-state index in [0.717, 1.165) is 22.9 Å². The first kappa shape index (κ1) is 14.6. The average molecular weight is 347 g/mol. The van der Waals surface area contributed by atoms with E-state index < -0.39 is 5.41 Å². The highest BCUT2D eigenvalue weighted by molar-refractivity contribution is 5.84. The largest absolute Gasteiger partial charge is 0.457 e. The van der Waals surface area contributed by atoms with Gasteiger partial charge in [0.05, 0.1) is 5.41 Å². The van der Waals surface area contributed by atoms with Crippen LogP contribution in [0.25, 0.3) is 0 Å². The lowest BCUT2D eigenvalue weighted by Crippen LogP contribution is -2.37. The van der Waals surface area contributed by atoms with Crippen molar-refractivity contribution in [2.45, 2.75) is 5.41 Å². The summed E-state index contributed by atoms with van der Waals surface area (Å²) in [6.07, 6.45) is 0. The van der Waals surface area contributed by atoms with Crippen LogP contribution in [0.3, 0.4) is 0 Å². The van der Waals surface area contributed by atoms with E-state index in [1.165, 1.54) is 22.3 Å². The summed E-state index contributed by atoms with van der Waals surface area (Å²) < 4.78 is 6.31. The van der Waals surface area contributed by atoms with Crippen molar-refractivity contribution in [3.05, 3.63) is 119 Å². The molecule has 128 valence electrons. The fourth-order valence-electron chi connectivity index (χ4n) is 4.70. The highest BCUT2D eigenvalue weighted by Crippen LogP contribution is 2.59. The molecule has 0 bridgehead atoms. The van der Waals surface area contributed by atoms with Crippen molar-refractivity contribution in [3.63, 3.8) is 0 Å². The molecule has 0 amide bonds. The maximum Gasteiger partial charge on any atom is 0.132 e. The molecule has 2 nitrogen and oxygen atoms in total. The summed E-state index contributed by atoms with van der Waals surface area (Å²) in [4.78, 5) is 0. The van der Waals surface area contributed by atoms with Crippen molar-refractivity contribution in [1.82, 2.24) is 0 Å². The van der Waals surface area contributed by atoms with E-state index >= 15 is 0 Å². The Morgan fingerprint density at radius 3 is 1.41 bits per heavy atom. The van der Waals surface area contributed by atoms with Crippen LogP contribution in [0.15, 0.2) is 97.1 Å². The molecule has 1 N–H and O–H groups in total. The van der Waals surface area contributed by atoms with Crippen LogP contribution in [-0.4, -0.2) is 0 Å². The number of benzene rings is 4. The van der Waals surface area contributed by atoms with E-state index in [9.17, 15) is 0 Å². The molecule has 0 aliphatic carbocycles. The summed E-state index contributed by atoms with van der Waals surface area (Å²) in [6, 6.07) is 34.0. The normalized spacial score (nSPS) is 14.8. The maximum absolute atomic E-state index is 6.31. The second kappa shape index (κ2) is 5.24. The lowest BCUT2D eigenvalue weighted by molar-refractivity contribution is 0.434. The zero-order chi connectivity index (χ0) is 17.8. The van der Waals surface area contributed by atoms with Crippen molar-refractivity contribution < 1.29 is 4.74 Å². The highest BCUT2D eigenvalue weighted by Gasteiger charge is 2.49. The standard InChI is InChI=1S/C25H17NO/c1-5-13-21-17(9-1)25(18-10-2-6-14-22(18)26-21)19-11-3-7-15-23(19)27-24-16-8-4-12-20(24)25/h1-16,26H. The van der Waals surface area contributed by atoms with E-state index in [2.05, 4.69) is 90.2 Å². The van der Waals surface area contributed by atoms with Crippen LogP contribution in [-0.2, 0) is 5.41 Å². The number of rotatable bonds is 0. The third kappa shape index (κ3) is 1.79. The molecule has 2 aliphatic rings. The molecule has 0 radical (unpaired) electrons. The van der Waals surface area contributed by atoms with Gasteiger partial charge in [-0.2, -0.15) is 0 Å². The van der Waals surface area contributed by atoms with Gasteiger partial charge < -0.3 is 10.1 Å². The predicted molar refractivity (Wildman–Crippen MR) is 108 cm³/mol. The Labute approximate surface area is 158 Å². The molecular weight excluding hydrogens is 330 g/mol. The molecule has 2 heterocycles. The Balaban J connectivity index is 1.85. The number of hydrogen-bond acceptors (Lipinski definition) is 2. The van der Waals surface area contributed by atoms with Gasteiger partial charge in [-0.1, -0.05) is 72.8 Å². The Bertz CT molecular complexity index is 1000. The number of nitrogens with one attached hydrogen (secondary N) is 1. The Hall–Kier alpha value is -3.52. The molecule has 0 fully saturated rings. The minimum absolute atomic E-state index is 0.399. The Kier molecular flexibility index (Phi) is 2.84. The van der Waals surface area contributed by atoms with E-state index in [4.69, 9.17) is 4.74 Å². The van der Waals surface area contributed by atoms with E-state index in [-0.39, 0.29) is 0 Å². The minimum Gasteiger partial charge on any atom is -0.457 e. The van der Waals surface area contributed by atoms with Crippen LogP contribution in [0, 0.1) is 0 Å². The van der Waals surface area contributed by atoms with Crippen LogP contribution in [0.5, 0.6) is 11.5 Å². The van der Waals surface area contributed by atoms with E-state index in [1.807, 2.05) is 12.1 Å². The fourth-order valence-corrected chi connectivity index (χ4v) is 4.70. The predicted octanol–water partition coefficient (Wildman–Crippen LogP) is 6.23. The first-order valence-corrected chi connectivity index (χ1v) is 9.22. The van der Waals surface area contributed by atoms with Gasteiger partial charge in [0.25, 0.3) is 0 Å². The van der Waals surface area contributed by atoms with Crippen molar-refractivity contribution in [2.75, 3.05) is 5.32 Å². The van der Waals surface area contributed by atoms with Gasteiger partial charge in [-0.05, 0) is 35.4 Å². The van der Waals surface area contributed by atoms with Crippen molar-refractivity contribution in [2.24, 2.45) is 0 Å². The molecule has 2 aliphatic heterocycles. The van der Waals surface area contributed by atoms with Gasteiger partial charge in [-0.15, -0.1) is 0 Å². The van der Waals surface area contributed by atoms with Gasteiger partial charge in [0.1, 0.15) is 11.5 Å². The summed E-state index contributed by atoms with van der Waals surface area (Å²) >= 11 is 0. The molecule has 0 aromatic heterocycles. The Morgan fingerprint density at radius 2 is 0.889 bits per heavy atom. The monoisotopic (exact) mass is 347 g/mol. The topological polar surface area (TPSA) is 21.3 Å². The molecule has 0 saturated carbocycles. The van der Waals surface area contributed by atoms with Gasteiger partial charge in [0.15, 0.2) is 0 Å². The van der Waals surface area contributed by atoms with Gasteiger partial charge in [0, 0.05) is 22.5 Å². The highest BCUT2D eigenvalue weighted by atomic mass is 16.5. The zero-order valence-electron chi connectivity index (χ0n) is 14.6. The molecule has 2 heteroatoms. The second-order valence-corrected chi connectivity index (χ2v) is 7.06. The zero-order valence-corrected chi connectivity index (χ0v) is 14.6. The fraction of sp³-hybridized carbons (Fsp3) is 0.0400. The summed E-state index contributed by atoms with van der Waals surface area (Å²) in [7, 11) is 0. The molecule has 6 rings (SSSR count). The van der Waals surface area contributed by atoms with Crippen molar-refractivity contribution in [1.29, 1.82) is 0 Å². The molecule has 1 spiro atoms. The lowest BCUT2D eigenvalue weighted by atomic mass is 9.61. The summed E-state index contributed by atoms with van der Waals surface area (Å²) in [5, 5.41) is 3.63. The van der Waals surface area contributed by atoms with Crippen LogP contribution in [0.2, 0.25) is 0 Å². The third-order valence-electron chi connectivity index (χ3n) is 5.73. The van der Waals surface area contributed by atoms with Crippen LogP contribution in [0.4, 0.5) is 11.4 Å². The number of hydrogen-bond donors (Lipinski definition) is 1. The van der Waals surface area contributed by atoms with E-state index in [1.54, 1.807) is 0 Å². The molecule has 27 heavy (non-hydrogen) atoms. The van der Waals surface area contributed by atoms with Crippen LogP contribution >= 0.6 is 0 Å². The van der Waals surface area contributed by atoms with Gasteiger partial charge in [0.2, 0.25) is 0 Å². The number of ether oxygens (including phenoxy) is 1. The molecule has 0 atom stereocenters. The number of fused-ring (bicyclic) bond motifs is 8. The minimum atomic E-state index is -0.399. The molecule has 0 unspecified atom stereocenters. The number of para-hydroxylation sites is 4. The smallest absolute Gasteiger partial charge is 0.132 e. The quantitative estimate of drug-likeness (QED) is 0.351. The van der Waals surface area contributed by atoms with E-state index in [0.29, 0.717) is 0 Å². The maximum atomic E-state index is 6.31. The molecule has 4 aromatic carbocycles. The molecule has 4 aromatic rings. The first-order valence-electron chi connectivity index (χ1n) is 9.22. The average Bonchev–Trinajstić information content (AvgIpc) is 2.73. The van der Waals surface area contributed by atoms with Gasteiger partial charge in [-0.3, -0.25) is 0 Å². The Morgan fingerprint density at radius 1 is 0.481 bits per heavy atom. The summed E-state index contributed by atoms with van der Waals surface area (Å²) in [5.41, 5.74) is 6.77. The molecular formula is C25H17NO. The first-order chi connectivity index (χ1) is 13.4. The SMILES string of the molecule is c1ccc2c(c1)Nc1ccccc1C21c2ccccc2Oc2ccccc21.